The van der Waals surface area contributed by atoms with Crippen molar-refractivity contribution >= 4 is 69.6 Å². The van der Waals surface area contributed by atoms with Crippen LogP contribution in [0.2, 0.25) is 0 Å². The van der Waals surface area contributed by atoms with Crippen LogP contribution in [-0.2, 0) is 0 Å². The molecule has 0 saturated heterocycles. The molecule has 112 valence electrons. The van der Waals surface area contributed by atoms with Crippen molar-refractivity contribution < 1.29 is 5.11 Å². The molecule has 0 amide bonds. The fourth-order valence-corrected chi connectivity index (χ4v) is 5.48. The van der Waals surface area contributed by atoms with Crippen molar-refractivity contribution in [2.75, 3.05) is 0 Å². The molecule has 1 N–H and O–H groups in total. The molecule has 0 aromatic heterocycles. The van der Waals surface area contributed by atoms with Gasteiger partial charge < -0.3 is 5.11 Å². The zero-order valence-corrected chi connectivity index (χ0v) is 15.2. The van der Waals surface area contributed by atoms with E-state index in [2.05, 4.69) is 11.8 Å². The Hall–Kier alpha value is 1.00. The van der Waals surface area contributed by atoms with Gasteiger partial charge in [0.25, 0.3) is 0 Å². The molecule has 2 rings (SSSR count). The minimum absolute atomic E-state index is 0.183. The summed E-state index contributed by atoms with van der Waals surface area (Å²) in [6, 6.07) is 0. The van der Waals surface area contributed by atoms with Crippen molar-refractivity contribution in [1.29, 1.82) is 0 Å². The van der Waals surface area contributed by atoms with Gasteiger partial charge in [-0.2, -0.15) is 0 Å². The van der Waals surface area contributed by atoms with Gasteiger partial charge in [0.15, 0.2) is 4.33 Å². The minimum Gasteiger partial charge on any atom is -0.378 e. The van der Waals surface area contributed by atoms with E-state index in [0.717, 1.165) is 0 Å². The van der Waals surface area contributed by atoms with Gasteiger partial charge in [-0.15, -0.1) is 23.2 Å². The fraction of sp³-hybridized carbons (Fsp3) is 0.692. The second kappa shape index (κ2) is 5.00. The Kier molecular flexibility index (Phi) is 4.34. The van der Waals surface area contributed by atoms with Gasteiger partial charge in [-0.3, -0.25) is 0 Å². The summed E-state index contributed by atoms with van der Waals surface area (Å²) < 4.78 is -1.50. The van der Waals surface area contributed by atoms with Crippen LogP contribution >= 0.6 is 69.6 Å². The van der Waals surface area contributed by atoms with Crippen LogP contribution in [0.3, 0.4) is 0 Å². The van der Waals surface area contributed by atoms with E-state index < -0.39 is 19.7 Å². The third-order valence-electron chi connectivity index (χ3n) is 3.65. The second-order valence-electron chi connectivity index (χ2n) is 5.68. The van der Waals surface area contributed by atoms with E-state index in [9.17, 15) is 5.11 Å². The summed E-state index contributed by atoms with van der Waals surface area (Å²) in [4.78, 5) is -2.46. The SMILES string of the molecule is CC(C)(O)C#CC[C@H]1C[C@@]2(Cl)C(Cl)=C(Cl)[C@]1(Cl)C2(Cl)Cl. The maximum absolute atomic E-state index is 9.59. The van der Waals surface area contributed by atoms with Gasteiger partial charge in [-0.05, 0) is 26.2 Å². The van der Waals surface area contributed by atoms with Crippen molar-refractivity contribution in [2.24, 2.45) is 5.92 Å². The molecule has 0 heterocycles. The molecule has 0 aromatic carbocycles. The summed E-state index contributed by atoms with van der Waals surface area (Å²) in [6.45, 7) is 3.19. The number of alkyl halides is 4. The zero-order chi connectivity index (χ0) is 15.6. The molecule has 7 heteroatoms. The molecule has 0 spiro atoms. The highest BCUT2D eigenvalue weighted by Crippen LogP contribution is 2.74. The summed E-state index contributed by atoms with van der Waals surface area (Å²) in [5.74, 6) is 5.35. The number of hydrogen-bond acceptors (Lipinski definition) is 1. The molecule has 0 aromatic rings. The first-order valence-corrected chi connectivity index (χ1v) is 8.19. The van der Waals surface area contributed by atoms with E-state index in [0.29, 0.717) is 12.8 Å². The van der Waals surface area contributed by atoms with E-state index in [1.807, 2.05) is 0 Å². The predicted octanol–water partition coefficient (Wildman–Crippen LogP) is 5.00. The van der Waals surface area contributed by atoms with Gasteiger partial charge in [-0.25, -0.2) is 0 Å². The highest BCUT2D eigenvalue weighted by molar-refractivity contribution is 6.65. The molecule has 2 bridgehead atoms. The molecule has 20 heavy (non-hydrogen) atoms. The molecule has 3 atom stereocenters. The number of allylic oxidation sites excluding steroid dienone is 2. The molecule has 0 radical (unpaired) electrons. The Morgan fingerprint density at radius 2 is 1.75 bits per heavy atom. The summed E-state index contributed by atoms with van der Waals surface area (Å²) in [7, 11) is 0. The highest BCUT2D eigenvalue weighted by Gasteiger charge is 2.78. The van der Waals surface area contributed by atoms with Crippen LogP contribution in [0, 0.1) is 17.8 Å². The first-order valence-electron chi connectivity index (χ1n) is 5.92. The van der Waals surface area contributed by atoms with Crippen LogP contribution in [0.1, 0.15) is 26.7 Å². The van der Waals surface area contributed by atoms with Gasteiger partial charge in [-0.1, -0.05) is 58.2 Å². The standard InChI is InChI=1S/C13H12Cl6O/c1-10(2,20)5-3-4-7-6-11(16)8(14)9(15)12(7,17)13(11,18)19/h7,20H,4,6H2,1-2H3/t7-,11+,12-/m0/s1. The maximum atomic E-state index is 9.59. The fourth-order valence-electron chi connectivity index (χ4n) is 2.63. The predicted molar refractivity (Wildman–Crippen MR) is 87.1 cm³/mol. The topological polar surface area (TPSA) is 20.2 Å². The second-order valence-corrected chi connectivity index (χ2v) is 9.01. The van der Waals surface area contributed by atoms with Crippen LogP contribution in [0.5, 0.6) is 0 Å². The number of hydrogen-bond donors (Lipinski definition) is 1. The Balaban J connectivity index is 2.35. The van der Waals surface area contributed by atoms with Crippen LogP contribution in [0.15, 0.2) is 10.1 Å². The lowest BCUT2D eigenvalue weighted by molar-refractivity contribution is 0.143. The number of halogens is 6. The van der Waals surface area contributed by atoms with Gasteiger partial charge in [0.05, 0.1) is 10.1 Å². The first-order chi connectivity index (χ1) is 8.88. The molecule has 2 aliphatic rings. The lowest BCUT2D eigenvalue weighted by Gasteiger charge is -2.33. The normalized spacial score (nSPS) is 39.0. The summed E-state index contributed by atoms with van der Waals surface area (Å²) in [6.07, 6.45) is 0.740. The van der Waals surface area contributed by atoms with Crippen LogP contribution in [0.25, 0.3) is 0 Å². The number of rotatable bonds is 1. The van der Waals surface area contributed by atoms with E-state index in [1.165, 1.54) is 0 Å². The molecular weight excluding hydrogens is 385 g/mol. The average molecular weight is 397 g/mol. The number of fused-ring (bicyclic) bond motifs is 2. The van der Waals surface area contributed by atoms with Crippen molar-refractivity contribution in [2.45, 2.75) is 46.4 Å². The molecule has 0 aliphatic heterocycles. The Labute approximate surface area is 148 Å². The number of aliphatic hydroxyl groups is 1. The van der Waals surface area contributed by atoms with Gasteiger partial charge in [0.1, 0.15) is 15.3 Å². The van der Waals surface area contributed by atoms with Crippen LogP contribution in [-0.4, -0.2) is 24.8 Å². The Morgan fingerprint density at radius 1 is 1.20 bits per heavy atom. The van der Waals surface area contributed by atoms with Crippen molar-refractivity contribution in [3.63, 3.8) is 0 Å². The maximum Gasteiger partial charge on any atom is 0.166 e. The van der Waals surface area contributed by atoms with Crippen LogP contribution in [0.4, 0.5) is 0 Å². The quantitative estimate of drug-likeness (QED) is 0.488. The van der Waals surface area contributed by atoms with E-state index in [-0.39, 0.29) is 16.0 Å². The molecule has 1 saturated carbocycles. The smallest absolute Gasteiger partial charge is 0.166 e. The lowest BCUT2D eigenvalue weighted by Crippen LogP contribution is -2.44. The van der Waals surface area contributed by atoms with Crippen molar-refractivity contribution in [3.8, 4) is 11.8 Å². The summed E-state index contributed by atoms with van der Waals surface area (Å²) in [5.41, 5.74) is -1.08. The summed E-state index contributed by atoms with van der Waals surface area (Å²) >= 11 is 38.1. The Morgan fingerprint density at radius 3 is 2.15 bits per heavy atom. The zero-order valence-electron chi connectivity index (χ0n) is 10.7. The van der Waals surface area contributed by atoms with Crippen LogP contribution < -0.4 is 0 Å². The van der Waals surface area contributed by atoms with E-state index in [4.69, 9.17) is 69.6 Å². The van der Waals surface area contributed by atoms with E-state index in [1.54, 1.807) is 13.8 Å². The largest absolute Gasteiger partial charge is 0.378 e. The first kappa shape index (κ1) is 17.4. The monoisotopic (exact) mass is 394 g/mol. The minimum atomic E-state index is -1.50. The molecule has 1 nitrogen and oxygen atoms in total. The average Bonchev–Trinajstić information content (AvgIpc) is 2.50. The van der Waals surface area contributed by atoms with Gasteiger partial charge in [0.2, 0.25) is 0 Å². The van der Waals surface area contributed by atoms with Crippen molar-refractivity contribution in [1.82, 2.24) is 0 Å². The molecule has 1 fully saturated rings. The lowest BCUT2D eigenvalue weighted by atomic mass is 9.89. The highest BCUT2D eigenvalue weighted by atomic mass is 35.5. The third-order valence-corrected chi connectivity index (χ3v) is 7.97. The Bertz CT molecular complexity index is 537. The summed E-state index contributed by atoms with van der Waals surface area (Å²) in [5, 5.41) is 9.98. The van der Waals surface area contributed by atoms with Gasteiger partial charge in [0, 0.05) is 6.42 Å². The third kappa shape index (κ3) is 2.19. The molecule has 0 unspecified atom stereocenters. The van der Waals surface area contributed by atoms with Gasteiger partial charge >= 0.3 is 0 Å². The molecule has 2 aliphatic carbocycles. The molecular formula is C13H12Cl6O. The van der Waals surface area contributed by atoms with E-state index >= 15 is 0 Å². The van der Waals surface area contributed by atoms with Crippen molar-refractivity contribution in [3.05, 3.63) is 10.1 Å².